The first-order chi connectivity index (χ1) is 15.3. The van der Waals surface area contributed by atoms with E-state index in [1.54, 1.807) is 0 Å². The van der Waals surface area contributed by atoms with Gasteiger partial charge < -0.3 is 10.6 Å². The number of carbonyl (C=O) groups excluding carboxylic acids is 2. The summed E-state index contributed by atoms with van der Waals surface area (Å²) >= 11 is 4.69. The molecule has 168 valence electrons. The van der Waals surface area contributed by atoms with Gasteiger partial charge in [0.05, 0.1) is 0 Å². The van der Waals surface area contributed by atoms with Crippen molar-refractivity contribution in [1.82, 2.24) is 15.5 Å². The summed E-state index contributed by atoms with van der Waals surface area (Å²) in [5.74, 6) is -0.396. The molecule has 0 fully saturated rings. The highest BCUT2D eigenvalue weighted by atomic mass is 79.9. The lowest BCUT2D eigenvalue weighted by Gasteiger charge is -2.23. The third-order valence-corrected chi connectivity index (χ3v) is 6.71. The highest BCUT2D eigenvalue weighted by Crippen LogP contribution is 2.27. The zero-order chi connectivity index (χ0) is 23.3. The molecule has 2 atom stereocenters. The molecule has 2 aromatic carbocycles. The summed E-state index contributed by atoms with van der Waals surface area (Å²) in [5, 5.41) is 17.7. The molecule has 0 bridgehead atoms. The Balaban J connectivity index is 1.67. The monoisotopic (exact) mass is 515 g/mol. The maximum atomic E-state index is 13.0. The Bertz CT molecular complexity index is 1100. The average Bonchev–Trinajstić information content (AvgIpc) is 3.23. The molecular weight excluding hydrogens is 490 g/mol. The number of halogens is 1. The third kappa shape index (κ3) is 6.14. The van der Waals surface area contributed by atoms with Crippen LogP contribution in [0.25, 0.3) is 10.6 Å². The maximum Gasteiger partial charge on any atom is 0.319 e. The molecule has 0 unspecified atom stereocenters. The molecule has 0 saturated carbocycles. The van der Waals surface area contributed by atoms with E-state index in [1.165, 1.54) is 11.3 Å². The Morgan fingerprint density at radius 3 is 2.41 bits per heavy atom. The number of anilines is 2. The number of nitrogens with zero attached hydrogens (tertiary/aromatic N) is 2. The summed E-state index contributed by atoms with van der Waals surface area (Å²) in [6.45, 7) is 7.90. The van der Waals surface area contributed by atoms with E-state index in [-0.39, 0.29) is 11.8 Å². The van der Waals surface area contributed by atoms with Crippen LogP contribution in [0.4, 0.5) is 15.6 Å². The zero-order valence-electron chi connectivity index (χ0n) is 18.4. The van der Waals surface area contributed by atoms with Crippen LogP contribution >= 0.6 is 27.3 Å². The smallest absolute Gasteiger partial charge is 0.319 e. The van der Waals surface area contributed by atoms with Crippen LogP contribution in [0.15, 0.2) is 46.9 Å². The number of hydrogen-bond acceptors (Lipinski definition) is 5. The lowest BCUT2D eigenvalue weighted by molar-refractivity contribution is -0.119. The maximum absolute atomic E-state index is 13.0. The van der Waals surface area contributed by atoms with Gasteiger partial charge in [-0.25, -0.2) is 4.79 Å². The van der Waals surface area contributed by atoms with Gasteiger partial charge >= 0.3 is 6.03 Å². The second-order valence-corrected chi connectivity index (χ2v) is 9.56. The minimum absolute atomic E-state index is 0.0700. The normalized spacial score (nSPS) is 12.7. The third-order valence-electron chi connectivity index (χ3n) is 5.29. The summed E-state index contributed by atoms with van der Waals surface area (Å²) in [4.78, 5) is 25.6. The van der Waals surface area contributed by atoms with Gasteiger partial charge in [0.25, 0.3) is 0 Å². The van der Waals surface area contributed by atoms with Crippen LogP contribution in [-0.4, -0.2) is 28.2 Å². The van der Waals surface area contributed by atoms with E-state index in [2.05, 4.69) is 42.1 Å². The molecule has 0 aliphatic rings. The van der Waals surface area contributed by atoms with Gasteiger partial charge in [-0.1, -0.05) is 65.7 Å². The van der Waals surface area contributed by atoms with Gasteiger partial charge in [0.1, 0.15) is 11.0 Å². The molecule has 0 radical (unpaired) electrons. The summed E-state index contributed by atoms with van der Waals surface area (Å²) in [6.07, 6.45) is 0.724. The molecule has 32 heavy (non-hydrogen) atoms. The first-order valence-corrected chi connectivity index (χ1v) is 11.9. The number of nitrogens with one attached hydrogen (secondary N) is 3. The average molecular weight is 516 g/mol. The number of benzene rings is 2. The van der Waals surface area contributed by atoms with Crippen LogP contribution in [0.1, 0.15) is 31.4 Å². The number of amides is 3. The minimum atomic E-state index is -0.716. The van der Waals surface area contributed by atoms with E-state index in [1.807, 2.05) is 70.2 Å². The minimum Gasteiger partial charge on any atom is -0.326 e. The predicted octanol–water partition coefficient (Wildman–Crippen LogP) is 5.76. The molecule has 0 aliphatic carbocycles. The van der Waals surface area contributed by atoms with Crippen LogP contribution < -0.4 is 16.0 Å². The van der Waals surface area contributed by atoms with Crippen LogP contribution in [-0.2, 0) is 4.79 Å². The van der Waals surface area contributed by atoms with Gasteiger partial charge in [0.15, 0.2) is 0 Å². The van der Waals surface area contributed by atoms with Gasteiger partial charge in [0.2, 0.25) is 11.0 Å². The Morgan fingerprint density at radius 2 is 1.75 bits per heavy atom. The number of rotatable bonds is 7. The SMILES string of the molecule is CC[C@H](C)[C@H](NC(=O)Nc1ccc(C)c(C)c1)C(=O)Nc1nnc(-c2ccc(Br)cc2)s1. The molecule has 1 aromatic heterocycles. The summed E-state index contributed by atoms with van der Waals surface area (Å²) in [5.41, 5.74) is 3.82. The Morgan fingerprint density at radius 1 is 1.03 bits per heavy atom. The number of urea groups is 1. The fourth-order valence-corrected chi connectivity index (χ4v) is 4.01. The quantitative estimate of drug-likeness (QED) is 0.372. The van der Waals surface area contributed by atoms with Crippen molar-refractivity contribution >= 4 is 50.0 Å². The number of carbonyl (C=O) groups is 2. The Hall–Kier alpha value is -2.78. The van der Waals surface area contributed by atoms with Crippen molar-refractivity contribution in [3.63, 3.8) is 0 Å². The van der Waals surface area contributed by atoms with Crippen LogP contribution in [0.3, 0.4) is 0 Å². The zero-order valence-corrected chi connectivity index (χ0v) is 20.8. The Labute approximate surface area is 200 Å². The van der Waals surface area contributed by atoms with Gasteiger partial charge in [-0.05, 0) is 55.2 Å². The van der Waals surface area contributed by atoms with E-state index >= 15 is 0 Å². The molecule has 3 aromatic rings. The fourth-order valence-electron chi connectivity index (χ4n) is 3.00. The number of aryl methyl sites for hydroxylation is 2. The largest absolute Gasteiger partial charge is 0.326 e. The van der Waals surface area contributed by atoms with E-state index in [4.69, 9.17) is 0 Å². The molecule has 0 saturated heterocycles. The topological polar surface area (TPSA) is 96.0 Å². The van der Waals surface area contributed by atoms with Crippen molar-refractivity contribution in [2.45, 2.75) is 40.2 Å². The van der Waals surface area contributed by atoms with Crippen molar-refractivity contribution in [2.75, 3.05) is 10.6 Å². The molecular formula is C23H26BrN5O2S. The molecule has 3 N–H and O–H groups in total. The first kappa shape index (κ1) is 23.9. The van der Waals surface area contributed by atoms with Crippen molar-refractivity contribution in [1.29, 1.82) is 0 Å². The van der Waals surface area contributed by atoms with Gasteiger partial charge in [0, 0.05) is 15.7 Å². The number of hydrogen-bond donors (Lipinski definition) is 3. The van der Waals surface area contributed by atoms with Crippen LogP contribution in [0.5, 0.6) is 0 Å². The lowest BCUT2D eigenvalue weighted by Crippen LogP contribution is -2.49. The highest BCUT2D eigenvalue weighted by molar-refractivity contribution is 9.10. The molecule has 1 heterocycles. The van der Waals surface area contributed by atoms with Gasteiger partial charge in [-0.2, -0.15) is 0 Å². The van der Waals surface area contributed by atoms with E-state index in [9.17, 15) is 9.59 Å². The van der Waals surface area contributed by atoms with E-state index in [0.29, 0.717) is 15.8 Å². The molecule has 3 rings (SSSR count). The standard InChI is InChI=1S/C23H26BrN5O2S/c1-5-13(2)19(26-22(31)25-18-11-6-14(3)15(4)12-18)20(30)27-23-29-28-21(32-23)16-7-9-17(24)10-8-16/h6-13,19H,5H2,1-4H3,(H2,25,26,31)(H,27,29,30)/t13-,19-/m0/s1. The number of aromatic nitrogens is 2. The summed E-state index contributed by atoms with van der Waals surface area (Å²) < 4.78 is 0.973. The lowest BCUT2D eigenvalue weighted by atomic mass is 9.98. The fraction of sp³-hybridized carbons (Fsp3) is 0.304. The molecule has 3 amide bonds. The van der Waals surface area contributed by atoms with Crippen molar-refractivity contribution in [2.24, 2.45) is 5.92 Å². The Kier molecular flexibility index (Phi) is 7.98. The first-order valence-electron chi connectivity index (χ1n) is 10.3. The second-order valence-electron chi connectivity index (χ2n) is 7.67. The predicted molar refractivity (Wildman–Crippen MR) is 133 cm³/mol. The molecule has 7 nitrogen and oxygen atoms in total. The van der Waals surface area contributed by atoms with Gasteiger partial charge in [-0.15, -0.1) is 10.2 Å². The second kappa shape index (κ2) is 10.7. The van der Waals surface area contributed by atoms with Crippen molar-refractivity contribution < 1.29 is 9.59 Å². The van der Waals surface area contributed by atoms with Crippen LogP contribution in [0.2, 0.25) is 0 Å². The molecule has 0 aliphatic heterocycles. The van der Waals surface area contributed by atoms with Crippen molar-refractivity contribution in [3.8, 4) is 10.6 Å². The molecule has 0 spiro atoms. The summed E-state index contributed by atoms with van der Waals surface area (Å²) in [6, 6.07) is 12.2. The van der Waals surface area contributed by atoms with Crippen molar-refractivity contribution in [3.05, 3.63) is 58.1 Å². The molecule has 9 heteroatoms. The van der Waals surface area contributed by atoms with E-state index < -0.39 is 12.1 Å². The summed E-state index contributed by atoms with van der Waals surface area (Å²) in [7, 11) is 0. The van der Waals surface area contributed by atoms with Crippen LogP contribution in [0, 0.1) is 19.8 Å². The van der Waals surface area contributed by atoms with Gasteiger partial charge in [-0.3, -0.25) is 10.1 Å². The highest BCUT2D eigenvalue weighted by Gasteiger charge is 2.27. The van der Waals surface area contributed by atoms with E-state index in [0.717, 1.165) is 27.6 Å².